The van der Waals surface area contributed by atoms with Crippen LogP contribution in [0.4, 0.5) is 0 Å². The van der Waals surface area contributed by atoms with Crippen LogP contribution in [0.5, 0.6) is 0 Å². The number of hydrogen-bond acceptors (Lipinski definition) is 2. The fourth-order valence-corrected chi connectivity index (χ4v) is 2.42. The quantitative estimate of drug-likeness (QED) is 0.433. The monoisotopic (exact) mass is 229 g/mol. The second-order valence-corrected chi connectivity index (χ2v) is 4.37. The molecule has 0 amide bonds. The lowest BCUT2D eigenvalue weighted by atomic mass is 9.95. The smallest absolute Gasteiger partial charge is 0.137 e. The highest BCUT2D eigenvalue weighted by Gasteiger charge is 2.10. The van der Waals surface area contributed by atoms with Crippen molar-refractivity contribution in [2.24, 2.45) is 0 Å². The molecule has 0 unspecified atom stereocenters. The van der Waals surface area contributed by atoms with Gasteiger partial charge in [-0.15, -0.1) is 0 Å². The Bertz CT molecular complexity index is 895. The first-order valence-electron chi connectivity index (χ1n) is 5.78. The topological polar surface area (TPSA) is 26.0 Å². The summed E-state index contributed by atoms with van der Waals surface area (Å²) >= 11 is 0. The molecule has 2 aromatic heterocycles. The van der Waals surface area contributed by atoms with E-state index in [0.717, 1.165) is 32.8 Å². The third-order valence-electron chi connectivity index (χ3n) is 3.23. The Morgan fingerprint density at radius 3 is 2.89 bits per heavy atom. The summed E-state index contributed by atoms with van der Waals surface area (Å²) < 4.78 is 5.82. The molecule has 0 aliphatic rings. The fourth-order valence-electron chi connectivity index (χ4n) is 2.42. The summed E-state index contributed by atoms with van der Waals surface area (Å²) in [5, 5.41) is 3.23. The van der Waals surface area contributed by atoms with E-state index in [0.29, 0.717) is 5.46 Å². The van der Waals surface area contributed by atoms with Gasteiger partial charge < -0.3 is 4.42 Å². The summed E-state index contributed by atoms with van der Waals surface area (Å²) in [6, 6.07) is 13.7. The Balaban J connectivity index is 2.33. The Labute approximate surface area is 105 Å². The minimum Gasteiger partial charge on any atom is -0.456 e. The molecule has 4 aromatic rings. The summed E-state index contributed by atoms with van der Waals surface area (Å²) in [5.74, 6) is 0. The van der Waals surface area contributed by atoms with Gasteiger partial charge in [-0.05, 0) is 24.3 Å². The van der Waals surface area contributed by atoms with Crippen LogP contribution in [0.2, 0.25) is 0 Å². The fraction of sp³-hybridized carbons (Fsp3) is 0. The van der Waals surface area contributed by atoms with E-state index < -0.39 is 0 Å². The van der Waals surface area contributed by atoms with Gasteiger partial charge in [0.05, 0.1) is 10.9 Å². The molecule has 0 aliphatic carbocycles. The van der Waals surface area contributed by atoms with Gasteiger partial charge in [0.1, 0.15) is 19.0 Å². The molecule has 0 atom stereocenters. The van der Waals surface area contributed by atoms with Crippen LogP contribution < -0.4 is 5.46 Å². The van der Waals surface area contributed by atoms with Gasteiger partial charge in [-0.25, -0.2) is 0 Å². The van der Waals surface area contributed by atoms with Crippen molar-refractivity contribution in [2.45, 2.75) is 0 Å². The van der Waals surface area contributed by atoms with Crippen LogP contribution in [0, 0.1) is 0 Å². The second-order valence-electron chi connectivity index (χ2n) is 4.37. The molecule has 0 spiro atoms. The highest BCUT2D eigenvalue weighted by atomic mass is 16.3. The number of rotatable bonds is 0. The van der Waals surface area contributed by atoms with Gasteiger partial charge in [0, 0.05) is 17.0 Å². The average molecular weight is 229 g/mol. The molecular weight excluding hydrogens is 221 g/mol. The summed E-state index contributed by atoms with van der Waals surface area (Å²) in [5.41, 5.74) is 3.34. The predicted octanol–water partition coefficient (Wildman–Crippen LogP) is 2.93. The lowest BCUT2D eigenvalue weighted by molar-refractivity contribution is 0.669. The maximum Gasteiger partial charge on any atom is 0.137 e. The summed E-state index contributed by atoms with van der Waals surface area (Å²) in [6.45, 7) is 0. The van der Waals surface area contributed by atoms with Gasteiger partial charge in [-0.1, -0.05) is 23.7 Å². The Kier molecular flexibility index (Phi) is 1.81. The Morgan fingerprint density at radius 1 is 1.00 bits per heavy atom. The van der Waals surface area contributed by atoms with E-state index >= 15 is 0 Å². The van der Waals surface area contributed by atoms with E-state index in [1.165, 1.54) is 0 Å². The van der Waals surface area contributed by atoms with Gasteiger partial charge in [0.25, 0.3) is 0 Å². The van der Waals surface area contributed by atoms with Crippen LogP contribution in [0.1, 0.15) is 0 Å². The van der Waals surface area contributed by atoms with Crippen molar-refractivity contribution in [3.8, 4) is 0 Å². The Morgan fingerprint density at radius 2 is 1.94 bits per heavy atom. The first kappa shape index (κ1) is 9.72. The molecule has 0 bridgehead atoms. The lowest BCUT2D eigenvalue weighted by Gasteiger charge is -1.97. The van der Waals surface area contributed by atoms with Crippen LogP contribution in [0.15, 0.2) is 53.1 Å². The molecule has 2 heterocycles. The van der Waals surface area contributed by atoms with Gasteiger partial charge in [0.2, 0.25) is 0 Å². The first-order chi connectivity index (χ1) is 8.83. The molecule has 2 nitrogen and oxygen atoms in total. The number of pyridine rings is 1. The molecule has 0 fully saturated rings. The molecule has 3 heteroatoms. The minimum atomic E-state index is 0.707. The SMILES string of the molecule is [B]c1ccc2c(c1)oc1ccc3cccnc3c12. The summed E-state index contributed by atoms with van der Waals surface area (Å²) in [6.07, 6.45) is 1.80. The largest absolute Gasteiger partial charge is 0.456 e. The molecule has 2 aromatic carbocycles. The Hall–Kier alpha value is -2.29. The minimum absolute atomic E-state index is 0.707. The van der Waals surface area contributed by atoms with Crippen molar-refractivity contribution in [1.82, 2.24) is 4.98 Å². The van der Waals surface area contributed by atoms with Gasteiger partial charge >= 0.3 is 0 Å². The van der Waals surface area contributed by atoms with Crippen LogP contribution in [0.25, 0.3) is 32.8 Å². The lowest BCUT2D eigenvalue weighted by Crippen LogP contribution is -1.98. The zero-order valence-electron chi connectivity index (χ0n) is 9.55. The van der Waals surface area contributed by atoms with Gasteiger partial charge in [0.15, 0.2) is 0 Å². The van der Waals surface area contributed by atoms with E-state index in [9.17, 15) is 0 Å². The van der Waals surface area contributed by atoms with Crippen molar-refractivity contribution in [2.75, 3.05) is 0 Å². The molecule has 4 rings (SSSR count). The highest BCUT2D eigenvalue weighted by molar-refractivity contribution is 6.33. The molecule has 0 saturated carbocycles. The second kappa shape index (κ2) is 3.36. The molecule has 2 radical (unpaired) electrons. The maximum atomic E-state index is 5.82. The number of benzene rings is 2. The third kappa shape index (κ3) is 1.22. The van der Waals surface area contributed by atoms with E-state index in [1.54, 1.807) is 6.20 Å². The predicted molar refractivity (Wildman–Crippen MR) is 74.4 cm³/mol. The number of nitrogens with zero attached hydrogens (tertiary/aromatic N) is 1. The van der Waals surface area contributed by atoms with Crippen molar-refractivity contribution in [3.63, 3.8) is 0 Å². The highest BCUT2D eigenvalue weighted by Crippen LogP contribution is 2.32. The van der Waals surface area contributed by atoms with Crippen LogP contribution in [-0.4, -0.2) is 12.8 Å². The number of hydrogen-bond donors (Lipinski definition) is 0. The molecule has 0 saturated heterocycles. The third-order valence-corrected chi connectivity index (χ3v) is 3.23. The standard InChI is InChI=1S/C15H8BNO/c16-10-4-5-11-13(8-10)18-12-6-3-9-2-1-7-17-15(9)14(11)12/h1-8H. The molecule has 0 aliphatic heterocycles. The van der Waals surface area contributed by atoms with Crippen LogP contribution >= 0.6 is 0 Å². The van der Waals surface area contributed by atoms with Gasteiger partial charge in [-0.3, -0.25) is 4.98 Å². The van der Waals surface area contributed by atoms with Crippen LogP contribution in [0.3, 0.4) is 0 Å². The normalized spacial score (nSPS) is 11.6. The van der Waals surface area contributed by atoms with Crippen molar-refractivity contribution < 1.29 is 4.42 Å². The van der Waals surface area contributed by atoms with Crippen LogP contribution in [-0.2, 0) is 0 Å². The zero-order chi connectivity index (χ0) is 12.1. The van der Waals surface area contributed by atoms with E-state index in [-0.39, 0.29) is 0 Å². The average Bonchev–Trinajstić information content (AvgIpc) is 2.76. The van der Waals surface area contributed by atoms with Crippen molar-refractivity contribution in [1.29, 1.82) is 0 Å². The van der Waals surface area contributed by atoms with Crippen molar-refractivity contribution in [3.05, 3.63) is 48.7 Å². The number of fused-ring (bicyclic) bond motifs is 5. The summed E-state index contributed by atoms with van der Waals surface area (Å²) in [7, 11) is 5.78. The van der Waals surface area contributed by atoms with E-state index in [2.05, 4.69) is 11.1 Å². The van der Waals surface area contributed by atoms with Crippen molar-refractivity contribution >= 4 is 46.2 Å². The zero-order valence-corrected chi connectivity index (χ0v) is 9.55. The number of furan rings is 1. The number of aromatic nitrogens is 1. The van der Waals surface area contributed by atoms with E-state index in [4.69, 9.17) is 12.3 Å². The maximum absolute atomic E-state index is 5.82. The molecule has 18 heavy (non-hydrogen) atoms. The van der Waals surface area contributed by atoms with E-state index in [1.807, 2.05) is 36.4 Å². The first-order valence-corrected chi connectivity index (χ1v) is 5.78. The summed E-state index contributed by atoms with van der Waals surface area (Å²) in [4.78, 5) is 4.46. The molecule has 82 valence electrons. The molecule has 0 N–H and O–H groups in total. The van der Waals surface area contributed by atoms with Gasteiger partial charge in [-0.2, -0.15) is 0 Å². The molecular formula is C15H8BNO.